The van der Waals surface area contributed by atoms with Crippen molar-refractivity contribution in [2.75, 3.05) is 19.6 Å². The molecule has 78 valence electrons. The third kappa shape index (κ3) is 4.63. The summed E-state index contributed by atoms with van der Waals surface area (Å²) < 4.78 is 0. The highest BCUT2D eigenvalue weighted by Crippen LogP contribution is 2.17. The van der Waals surface area contributed by atoms with Gasteiger partial charge < -0.3 is 10.0 Å². The van der Waals surface area contributed by atoms with Crippen LogP contribution in [0.5, 0.6) is 0 Å². The summed E-state index contributed by atoms with van der Waals surface area (Å²) in [4.78, 5) is 2.47. The smallest absolute Gasteiger partial charge is 0.0603 e. The van der Waals surface area contributed by atoms with Crippen LogP contribution < -0.4 is 0 Å². The molecule has 1 aliphatic rings. The summed E-state index contributed by atoms with van der Waals surface area (Å²) in [6, 6.07) is 0. The lowest BCUT2D eigenvalue weighted by molar-refractivity contribution is 0.0527. The first-order chi connectivity index (χ1) is 5.97. The Balaban J connectivity index is 2.16. The van der Waals surface area contributed by atoms with E-state index < -0.39 is 5.60 Å². The topological polar surface area (TPSA) is 23.5 Å². The van der Waals surface area contributed by atoms with Gasteiger partial charge in [0.1, 0.15) is 0 Å². The Morgan fingerprint density at radius 2 is 1.85 bits per heavy atom. The second kappa shape index (κ2) is 4.43. The van der Waals surface area contributed by atoms with Crippen LogP contribution in [0.2, 0.25) is 0 Å². The quantitative estimate of drug-likeness (QED) is 0.725. The minimum Gasteiger partial charge on any atom is -0.390 e. The van der Waals surface area contributed by atoms with Crippen molar-refractivity contribution in [2.24, 2.45) is 5.92 Å². The van der Waals surface area contributed by atoms with Crippen LogP contribution in [-0.2, 0) is 0 Å². The molecule has 0 saturated carbocycles. The zero-order valence-corrected chi connectivity index (χ0v) is 9.21. The summed E-state index contributed by atoms with van der Waals surface area (Å²) in [5.74, 6) is 0.901. The van der Waals surface area contributed by atoms with Gasteiger partial charge in [-0.25, -0.2) is 0 Å². The van der Waals surface area contributed by atoms with Crippen molar-refractivity contribution in [1.29, 1.82) is 0 Å². The molecule has 1 heterocycles. The van der Waals surface area contributed by atoms with Gasteiger partial charge in [-0.2, -0.15) is 0 Å². The molecule has 0 aromatic rings. The fraction of sp³-hybridized carbons (Fsp3) is 1.00. The molecule has 0 amide bonds. The van der Waals surface area contributed by atoms with Gasteiger partial charge in [0, 0.05) is 6.54 Å². The Hall–Kier alpha value is -0.0800. The molecule has 0 atom stereocenters. The minimum absolute atomic E-state index is 0.497. The molecule has 0 radical (unpaired) electrons. The lowest BCUT2D eigenvalue weighted by Gasteiger charge is -2.31. The molecule has 0 aliphatic carbocycles. The van der Waals surface area contributed by atoms with Crippen LogP contribution in [0.1, 0.15) is 40.0 Å². The highest BCUT2D eigenvalue weighted by atomic mass is 16.3. The lowest BCUT2D eigenvalue weighted by atomic mass is 9.98. The molecule has 2 nitrogen and oxygen atoms in total. The second-order valence-electron chi connectivity index (χ2n) is 5.09. The van der Waals surface area contributed by atoms with Crippen LogP contribution in [0.3, 0.4) is 0 Å². The van der Waals surface area contributed by atoms with Gasteiger partial charge in [-0.05, 0) is 52.1 Å². The van der Waals surface area contributed by atoms with Crippen LogP contribution in [0, 0.1) is 5.92 Å². The van der Waals surface area contributed by atoms with Gasteiger partial charge in [0.2, 0.25) is 0 Å². The molecule has 2 heteroatoms. The Labute approximate surface area is 81.9 Å². The predicted molar refractivity (Wildman–Crippen MR) is 55.8 cm³/mol. The van der Waals surface area contributed by atoms with E-state index in [2.05, 4.69) is 11.8 Å². The van der Waals surface area contributed by atoms with E-state index >= 15 is 0 Å². The Morgan fingerprint density at radius 1 is 1.31 bits per heavy atom. The lowest BCUT2D eigenvalue weighted by Crippen LogP contribution is -2.36. The number of nitrogens with zero attached hydrogens (tertiary/aromatic N) is 1. The molecule has 0 aromatic carbocycles. The minimum atomic E-state index is -0.497. The van der Waals surface area contributed by atoms with Crippen LogP contribution in [0.15, 0.2) is 0 Å². The van der Waals surface area contributed by atoms with Crippen molar-refractivity contribution in [1.82, 2.24) is 4.90 Å². The standard InChI is InChI=1S/C11H23NO/c1-10-4-7-12(8-5-10)9-6-11(2,3)13/h10,13H,4-9H2,1-3H3. The van der Waals surface area contributed by atoms with Gasteiger partial charge in [0.25, 0.3) is 0 Å². The predicted octanol–water partition coefficient (Wildman–Crippen LogP) is 1.88. The summed E-state index contributed by atoms with van der Waals surface area (Å²) in [6.45, 7) is 9.59. The largest absolute Gasteiger partial charge is 0.390 e. The van der Waals surface area contributed by atoms with Crippen LogP contribution >= 0.6 is 0 Å². The van der Waals surface area contributed by atoms with Gasteiger partial charge in [-0.3, -0.25) is 0 Å². The maximum absolute atomic E-state index is 9.57. The summed E-state index contributed by atoms with van der Waals surface area (Å²) in [7, 11) is 0. The van der Waals surface area contributed by atoms with Crippen molar-refractivity contribution in [2.45, 2.75) is 45.6 Å². The molecule has 0 unspecified atom stereocenters. The van der Waals surface area contributed by atoms with E-state index in [1.54, 1.807) is 0 Å². The Morgan fingerprint density at radius 3 is 2.31 bits per heavy atom. The average Bonchev–Trinajstić information content (AvgIpc) is 2.02. The van der Waals surface area contributed by atoms with E-state index in [4.69, 9.17) is 0 Å². The van der Waals surface area contributed by atoms with Crippen LogP contribution in [-0.4, -0.2) is 35.2 Å². The number of piperidine rings is 1. The molecule has 1 rings (SSSR count). The van der Waals surface area contributed by atoms with Crippen LogP contribution in [0.4, 0.5) is 0 Å². The summed E-state index contributed by atoms with van der Waals surface area (Å²) >= 11 is 0. The van der Waals surface area contributed by atoms with E-state index in [9.17, 15) is 5.11 Å². The fourth-order valence-corrected chi connectivity index (χ4v) is 1.72. The van der Waals surface area contributed by atoms with Crippen molar-refractivity contribution in [3.05, 3.63) is 0 Å². The van der Waals surface area contributed by atoms with Crippen molar-refractivity contribution in [3.8, 4) is 0 Å². The number of rotatable bonds is 3. The Bertz CT molecular complexity index is 143. The van der Waals surface area contributed by atoms with E-state index in [-0.39, 0.29) is 0 Å². The van der Waals surface area contributed by atoms with Crippen molar-refractivity contribution < 1.29 is 5.11 Å². The second-order valence-corrected chi connectivity index (χ2v) is 5.09. The number of hydrogen-bond donors (Lipinski definition) is 1. The van der Waals surface area contributed by atoms with Gasteiger partial charge in [-0.1, -0.05) is 6.92 Å². The summed E-state index contributed by atoms with van der Waals surface area (Å²) in [6.07, 6.45) is 3.54. The first kappa shape index (κ1) is 11.0. The molecule has 0 bridgehead atoms. The molecule has 1 fully saturated rings. The molecule has 0 spiro atoms. The molecular weight excluding hydrogens is 162 g/mol. The average molecular weight is 185 g/mol. The van der Waals surface area contributed by atoms with E-state index in [0.717, 1.165) is 18.9 Å². The van der Waals surface area contributed by atoms with E-state index in [1.807, 2.05) is 13.8 Å². The SMILES string of the molecule is CC1CCN(CCC(C)(C)O)CC1. The van der Waals surface area contributed by atoms with E-state index in [1.165, 1.54) is 25.9 Å². The van der Waals surface area contributed by atoms with E-state index in [0.29, 0.717) is 0 Å². The number of likely N-dealkylation sites (tertiary alicyclic amines) is 1. The van der Waals surface area contributed by atoms with Gasteiger partial charge >= 0.3 is 0 Å². The van der Waals surface area contributed by atoms with Gasteiger partial charge in [-0.15, -0.1) is 0 Å². The van der Waals surface area contributed by atoms with Crippen molar-refractivity contribution >= 4 is 0 Å². The zero-order valence-electron chi connectivity index (χ0n) is 9.21. The molecule has 1 aliphatic heterocycles. The number of hydrogen-bond acceptors (Lipinski definition) is 2. The van der Waals surface area contributed by atoms with Crippen LogP contribution in [0.25, 0.3) is 0 Å². The first-order valence-electron chi connectivity index (χ1n) is 5.42. The van der Waals surface area contributed by atoms with Gasteiger partial charge in [0.15, 0.2) is 0 Å². The molecule has 1 saturated heterocycles. The highest BCUT2D eigenvalue weighted by molar-refractivity contribution is 4.73. The molecule has 1 N–H and O–H groups in total. The molecule has 13 heavy (non-hydrogen) atoms. The first-order valence-corrected chi connectivity index (χ1v) is 5.42. The maximum Gasteiger partial charge on any atom is 0.0603 e. The fourth-order valence-electron chi connectivity index (χ4n) is 1.72. The maximum atomic E-state index is 9.57. The summed E-state index contributed by atoms with van der Waals surface area (Å²) in [5, 5.41) is 9.57. The third-order valence-corrected chi connectivity index (χ3v) is 2.92. The highest BCUT2D eigenvalue weighted by Gasteiger charge is 2.18. The van der Waals surface area contributed by atoms with Gasteiger partial charge in [0.05, 0.1) is 5.60 Å². The van der Waals surface area contributed by atoms with Crippen molar-refractivity contribution in [3.63, 3.8) is 0 Å². The third-order valence-electron chi connectivity index (χ3n) is 2.92. The number of aliphatic hydroxyl groups is 1. The summed E-state index contributed by atoms with van der Waals surface area (Å²) in [5.41, 5.74) is -0.497. The zero-order chi connectivity index (χ0) is 9.90. The monoisotopic (exact) mass is 185 g/mol. The normalized spacial score (nSPS) is 22.2. The Kier molecular flexibility index (Phi) is 3.74. The molecular formula is C11H23NO. The molecule has 0 aromatic heterocycles.